The fraction of sp³-hybridized carbons (Fsp3) is 1.00. The van der Waals surface area contributed by atoms with E-state index in [1.54, 1.807) is 12.8 Å². The molecular weight excluding hydrogens is 390 g/mol. The summed E-state index contributed by atoms with van der Waals surface area (Å²) < 4.78 is 0. The molecule has 0 amide bonds. The number of halogens is 1. The van der Waals surface area contributed by atoms with Gasteiger partial charge in [0.05, 0.1) is 0 Å². The standard InChI is InChI=1S/C22H34BrNS/c23-16-11-12-18-21-13(5-3-7-15(16)21)14-6-4-10-20-22(14)24(18)17-8-1-2-9-19(17)25-20/h13-22H,1-12H2. The first-order chi connectivity index (χ1) is 12.3. The van der Waals surface area contributed by atoms with Gasteiger partial charge in [0, 0.05) is 33.5 Å². The van der Waals surface area contributed by atoms with Gasteiger partial charge >= 0.3 is 0 Å². The van der Waals surface area contributed by atoms with Crippen LogP contribution < -0.4 is 0 Å². The summed E-state index contributed by atoms with van der Waals surface area (Å²) in [5, 5.41) is 1.97. The normalized spacial score (nSPS) is 58.0. The molecule has 4 saturated carbocycles. The number of thioether (sulfide) groups is 1. The van der Waals surface area contributed by atoms with E-state index in [2.05, 4.69) is 32.6 Å². The number of alkyl halides is 1. The Bertz CT molecular complexity index is 526. The predicted octanol–water partition coefficient (Wildman–Crippen LogP) is 5.86. The highest BCUT2D eigenvalue weighted by molar-refractivity contribution is 9.09. The van der Waals surface area contributed by atoms with Gasteiger partial charge in [-0.1, -0.05) is 41.6 Å². The lowest BCUT2D eigenvalue weighted by Crippen LogP contribution is -2.72. The fourth-order valence-corrected chi connectivity index (χ4v) is 11.5. The van der Waals surface area contributed by atoms with Crippen LogP contribution in [0.15, 0.2) is 0 Å². The first-order valence-electron chi connectivity index (χ1n) is 11.4. The van der Waals surface area contributed by atoms with Crippen molar-refractivity contribution >= 4 is 27.7 Å². The zero-order valence-corrected chi connectivity index (χ0v) is 17.9. The van der Waals surface area contributed by atoms with Crippen LogP contribution in [0.2, 0.25) is 0 Å². The van der Waals surface area contributed by atoms with Crippen LogP contribution in [0, 0.1) is 23.7 Å². The maximum Gasteiger partial charge on any atom is 0.0252 e. The molecule has 0 radical (unpaired) electrons. The van der Waals surface area contributed by atoms with Crippen molar-refractivity contribution in [2.24, 2.45) is 23.7 Å². The molecule has 0 aromatic carbocycles. The Hall–Kier alpha value is 0.790. The van der Waals surface area contributed by atoms with Crippen molar-refractivity contribution < 1.29 is 0 Å². The van der Waals surface area contributed by atoms with E-state index in [9.17, 15) is 0 Å². The zero-order valence-electron chi connectivity index (χ0n) is 15.5. The third-order valence-electron chi connectivity index (χ3n) is 9.23. The van der Waals surface area contributed by atoms with Crippen molar-refractivity contribution in [2.75, 3.05) is 0 Å². The van der Waals surface area contributed by atoms with Crippen molar-refractivity contribution in [3.63, 3.8) is 0 Å². The van der Waals surface area contributed by atoms with Gasteiger partial charge in [-0.05, 0) is 75.0 Å². The van der Waals surface area contributed by atoms with Crippen LogP contribution in [0.5, 0.6) is 0 Å². The summed E-state index contributed by atoms with van der Waals surface area (Å²) >= 11 is 6.62. The third-order valence-corrected chi connectivity index (χ3v) is 12.1. The molecule has 6 fully saturated rings. The van der Waals surface area contributed by atoms with Crippen molar-refractivity contribution in [1.29, 1.82) is 0 Å². The summed E-state index contributed by atoms with van der Waals surface area (Å²) in [7, 11) is 0. The van der Waals surface area contributed by atoms with Gasteiger partial charge < -0.3 is 0 Å². The average Bonchev–Trinajstić information content (AvgIpc) is 2.66. The van der Waals surface area contributed by atoms with Crippen LogP contribution in [0.1, 0.15) is 77.0 Å². The van der Waals surface area contributed by atoms with E-state index in [1.807, 2.05) is 0 Å². The quantitative estimate of drug-likeness (QED) is 0.449. The van der Waals surface area contributed by atoms with E-state index < -0.39 is 0 Å². The molecule has 0 bridgehead atoms. The second kappa shape index (κ2) is 6.41. The van der Waals surface area contributed by atoms with Gasteiger partial charge in [-0.15, -0.1) is 0 Å². The molecule has 1 nitrogen and oxygen atoms in total. The number of hydrogen-bond acceptors (Lipinski definition) is 2. The van der Waals surface area contributed by atoms with Gasteiger partial charge in [-0.25, -0.2) is 0 Å². The van der Waals surface area contributed by atoms with Gasteiger partial charge in [0.2, 0.25) is 0 Å². The Balaban J connectivity index is 1.43. The molecule has 140 valence electrons. The van der Waals surface area contributed by atoms with Crippen molar-refractivity contribution in [1.82, 2.24) is 4.90 Å². The topological polar surface area (TPSA) is 3.24 Å². The number of hydrogen-bond donors (Lipinski definition) is 0. The van der Waals surface area contributed by atoms with E-state index in [0.29, 0.717) is 0 Å². The van der Waals surface area contributed by atoms with Crippen LogP contribution in [0.25, 0.3) is 0 Å². The molecule has 10 atom stereocenters. The first kappa shape index (κ1) is 16.7. The summed E-state index contributed by atoms with van der Waals surface area (Å²) in [5.41, 5.74) is 0. The second-order valence-corrected chi connectivity index (χ2v) is 12.8. The molecular formula is C22H34BrNS. The average molecular weight is 424 g/mol. The summed E-state index contributed by atoms with van der Waals surface area (Å²) in [4.78, 5) is 4.08. The highest BCUT2D eigenvalue weighted by Gasteiger charge is 2.61. The number of nitrogens with zero attached hydrogens (tertiary/aromatic N) is 1. The molecule has 2 saturated heterocycles. The van der Waals surface area contributed by atoms with Crippen LogP contribution in [-0.4, -0.2) is 38.4 Å². The highest BCUT2D eigenvalue weighted by Crippen LogP contribution is 2.61. The molecule has 0 aromatic heterocycles. The van der Waals surface area contributed by atoms with Crippen molar-refractivity contribution in [2.45, 2.75) is 111 Å². The minimum absolute atomic E-state index is 0.828. The molecule has 0 aromatic rings. The van der Waals surface area contributed by atoms with Gasteiger partial charge in [-0.3, -0.25) is 4.90 Å². The monoisotopic (exact) mass is 423 g/mol. The van der Waals surface area contributed by atoms with Crippen molar-refractivity contribution in [3.8, 4) is 0 Å². The molecule has 0 N–H and O–H groups in total. The van der Waals surface area contributed by atoms with E-state index >= 15 is 0 Å². The predicted molar refractivity (Wildman–Crippen MR) is 110 cm³/mol. The van der Waals surface area contributed by atoms with Crippen LogP contribution in [0.4, 0.5) is 0 Å². The lowest BCUT2D eigenvalue weighted by molar-refractivity contribution is -0.136. The Kier molecular flexibility index (Phi) is 4.29. The molecule has 10 unspecified atom stereocenters. The lowest BCUT2D eigenvalue weighted by atomic mass is 9.53. The lowest BCUT2D eigenvalue weighted by Gasteiger charge is -2.68. The summed E-state index contributed by atoms with van der Waals surface area (Å²) in [6.07, 6.45) is 18.2. The van der Waals surface area contributed by atoms with Gasteiger partial charge in [0.1, 0.15) is 0 Å². The summed E-state index contributed by atoms with van der Waals surface area (Å²) in [6.45, 7) is 0. The Morgan fingerprint density at radius 1 is 0.640 bits per heavy atom. The van der Waals surface area contributed by atoms with Crippen LogP contribution >= 0.6 is 27.7 Å². The molecule has 25 heavy (non-hydrogen) atoms. The van der Waals surface area contributed by atoms with E-state index in [0.717, 1.165) is 57.1 Å². The summed E-state index contributed by atoms with van der Waals surface area (Å²) in [5.74, 6) is 4.16. The zero-order chi connectivity index (χ0) is 16.5. The van der Waals surface area contributed by atoms with Gasteiger partial charge in [0.15, 0.2) is 0 Å². The minimum atomic E-state index is 0.828. The molecule has 4 aliphatic carbocycles. The maximum atomic E-state index is 4.14. The van der Waals surface area contributed by atoms with E-state index in [1.165, 1.54) is 64.2 Å². The largest absolute Gasteiger partial charge is 0.292 e. The van der Waals surface area contributed by atoms with Crippen molar-refractivity contribution in [3.05, 3.63) is 0 Å². The van der Waals surface area contributed by atoms with E-state index in [-0.39, 0.29) is 0 Å². The molecule has 6 aliphatic rings. The fourth-order valence-electron chi connectivity index (χ4n) is 8.56. The Morgan fingerprint density at radius 3 is 2.36 bits per heavy atom. The highest BCUT2D eigenvalue weighted by atomic mass is 79.9. The molecule has 3 heteroatoms. The smallest absolute Gasteiger partial charge is 0.0252 e. The van der Waals surface area contributed by atoms with E-state index in [4.69, 9.17) is 0 Å². The minimum Gasteiger partial charge on any atom is -0.292 e. The molecule has 2 heterocycles. The summed E-state index contributed by atoms with van der Waals surface area (Å²) in [6, 6.07) is 2.87. The third kappa shape index (κ3) is 2.43. The number of rotatable bonds is 0. The SMILES string of the molecule is BrC1CCC2C3C1CCCC3C1CCCC3SC4CCCCC4N2C31. The van der Waals surface area contributed by atoms with Crippen LogP contribution in [-0.2, 0) is 0 Å². The second-order valence-electron chi connectivity index (χ2n) is 10.1. The Labute approximate surface area is 166 Å². The van der Waals surface area contributed by atoms with Crippen LogP contribution in [0.3, 0.4) is 0 Å². The van der Waals surface area contributed by atoms with Gasteiger partial charge in [-0.2, -0.15) is 11.8 Å². The first-order valence-corrected chi connectivity index (χ1v) is 13.3. The maximum absolute atomic E-state index is 4.14. The van der Waals surface area contributed by atoms with Gasteiger partial charge in [0.25, 0.3) is 0 Å². The number of piperidine rings is 1. The molecule has 0 spiro atoms. The number of fused-ring (bicyclic) bond motifs is 4. The molecule has 6 rings (SSSR count). The Morgan fingerprint density at radius 2 is 1.40 bits per heavy atom. The molecule has 2 aliphatic heterocycles.